The molecule has 0 unspecified atom stereocenters. The molecule has 1 aliphatic heterocycles. The molecule has 3 atom stereocenters. The lowest BCUT2D eigenvalue weighted by atomic mass is 9.75. The fourth-order valence-corrected chi connectivity index (χ4v) is 5.15. The normalized spacial score (nSPS) is 22.6. The van der Waals surface area contributed by atoms with Crippen LogP contribution in [0.1, 0.15) is 23.1 Å². The largest absolute Gasteiger partial charge is 0.762 e. The van der Waals surface area contributed by atoms with Crippen LogP contribution in [0.15, 0.2) is 102 Å². The van der Waals surface area contributed by atoms with Crippen molar-refractivity contribution in [3.8, 4) is 6.07 Å². The number of nitriles is 1. The van der Waals surface area contributed by atoms with E-state index >= 15 is 0 Å². The fourth-order valence-electron chi connectivity index (χ4n) is 4.64. The molecule has 0 radical (unpaired) electrons. The van der Waals surface area contributed by atoms with Crippen LogP contribution in [0.4, 0.5) is 0 Å². The molecule has 3 heterocycles. The van der Waals surface area contributed by atoms with E-state index in [2.05, 4.69) is 16.4 Å². The van der Waals surface area contributed by atoms with E-state index in [-0.39, 0.29) is 5.03 Å². The number of nitrogens with zero attached hydrogens (tertiary/aromatic N) is 3. The van der Waals surface area contributed by atoms with Gasteiger partial charge in [-0.05, 0) is 29.8 Å². The maximum atomic E-state index is 12.3. The monoisotopic (exact) mass is 470 g/mol. The van der Waals surface area contributed by atoms with E-state index < -0.39 is 17.7 Å². The number of nitrogens with one attached hydrogen (secondary N) is 1. The Morgan fingerprint density at radius 3 is 2.64 bits per heavy atom. The van der Waals surface area contributed by atoms with Crippen molar-refractivity contribution >= 4 is 35.1 Å². The Morgan fingerprint density at radius 2 is 1.91 bits per heavy atom. The molecular weight excluding hydrogens is 452 g/mol. The van der Waals surface area contributed by atoms with E-state index in [1.807, 2.05) is 83.6 Å². The molecule has 1 aliphatic rings. The van der Waals surface area contributed by atoms with Crippen molar-refractivity contribution in [2.45, 2.75) is 17.7 Å². The van der Waals surface area contributed by atoms with Crippen LogP contribution in [0.5, 0.6) is 0 Å². The van der Waals surface area contributed by atoms with Gasteiger partial charge in [0.1, 0.15) is 0 Å². The highest BCUT2D eigenvalue weighted by molar-refractivity contribution is 7.63. The van der Waals surface area contributed by atoms with E-state index in [1.165, 1.54) is 0 Å². The molecule has 0 aliphatic carbocycles. The molecular formula is C26H19ClN4OS. The van der Waals surface area contributed by atoms with Crippen LogP contribution >= 0.6 is 11.6 Å². The van der Waals surface area contributed by atoms with Crippen molar-refractivity contribution in [3.63, 3.8) is 0 Å². The third kappa shape index (κ3) is 3.61. The van der Waals surface area contributed by atoms with Gasteiger partial charge in [-0.15, -0.1) is 0 Å². The molecule has 2 aromatic carbocycles. The second kappa shape index (κ2) is 8.45. The quantitative estimate of drug-likeness (QED) is 0.346. The predicted molar refractivity (Wildman–Crippen MR) is 129 cm³/mol. The number of halogens is 1. The average Bonchev–Trinajstić information content (AvgIpc) is 2.84. The Balaban J connectivity index is 1.86. The summed E-state index contributed by atoms with van der Waals surface area (Å²) in [6.07, 6.45) is 5.31. The Hall–Kier alpha value is -3.50. The first kappa shape index (κ1) is 21.4. The van der Waals surface area contributed by atoms with Crippen molar-refractivity contribution in [2.75, 3.05) is 0 Å². The van der Waals surface area contributed by atoms with Crippen molar-refractivity contribution in [1.29, 1.82) is 5.26 Å². The topological polar surface area (TPSA) is 72.8 Å². The summed E-state index contributed by atoms with van der Waals surface area (Å²) >= 11 is 11.8. The minimum absolute atomic E-state index is 0.220. The van der Waals surface area contributed by atoms with Gasteiger partial charge in [-0.2, -0.15) is 9.83 Å². The third-order valence-electron chi connectivity index (χ3n) is 6.07. The molecule has 0 saturated heterocycles. The summed E-state index contributed by atoms with van der Waals surface area (Å²) in [5.41, 5.74) is 1.07. The molecule has 7 heteroatoms. The lowest BCUT2D eigenvalue weighted by molar-refractivity contribution is -0.720. The van der Waals surface area contributed by atoms with Gasteiger partial charge in [-0.3, -0.25) is 4.98 Å². The lowest BCUT2D eigenvalue weighted by Gasteiger charge is -2.45. The number of rotatable bonds is 3. The van der Waals surface area contributed by atoms with Crippen LogP contribution in [0, 0.1) is 11.3 Å². The molecule has 0 saturated carbocycles. The van der Waals surface area contributed by atoms with Crippen molar-refractivity contribution in [1.82, 2.24) is 10.3 Å². The fraction of sp³-hybridized carbons (Fsp3) is 0.115. The third-order valence-corrected chi connectivity index (χ3v) is 6.63. The highest BCUT2D eigenvalue weighted by atomic mass is 35.5. The Labute approximate surface area is 202 Å². The second-order valence-electron chi connectivity index (χ2n) is 7.94. The van der Waals surface area contributed by atoms with Crippen LogP contribution in [-0.4, -0.2) is 10.1 Å². The van der Waals surface area contributed by atoms with Gasteiger partial charge in [-0.25, -0.2) is 0 Å². The zero-order valence-electron chi connectivity index (χ0n) is 17.4. The summed E-state index contributed by atoms with van der Waals surface area (Å²) in [6.45, 7) is 0. The van der Waals surface area contributed by atoms with Gasteiger partial charge in [0.05, 0.1) is 12.0 Å². The van der Waals surface area contributed by atoms with Crippen LogP contribution in [0.3, 0.4) is 0 Å². The number of pyridine rings is 2. The average molecular weight is 471 g/mol. The molecule has 33 heavy (non-hydrogen) atoms. The molecule has 0 fully saturated rings. The first-order chi connectivity index (χ1) is 16.0. The number of benzene rings is 2. The van der Waals surface area contributed by atoms with Gasteiger partial charge in [0.2, 0.25) is 17.3 Å². The second-order valence-corrected chi connectivity index (χ2v) is 8.78. The summed E-state index contributed by atoms with van der Waals surface area (Å²) in [4.78, 5) is 4.28. The molecule has 162 valence electrons. The number of hydrogen-bond acceptors (Lipinski definition) is 5. The molecule has 0 bridgehead atoms. The Bertz CT molecular complexity index is 1400. The van der Waals surface area contributed by atoms with Gasteiger partial charge in [-0.1, -0.05) is 53.0 Å². The smallest absolute Gasteiger partial charge is 0.225 e. The van der Waals surface area contributed by atoms with Gasteiger partial charge in [0.15, 0.2) is 6.20 Å². The van der Waals surface area contributed by atoms with Crippen LogP contribution in [-0.2, 0) is 18.4 Å². The predicted octanol–water partition coefficient (Wildman–Crippen LogP) is 4.23. The van der Waals surface area contributed by atoms with Gasteiger partial charge < -0.3 is 23.1 Å². The van der Waals surface area contributed by atoms with Gasteiger partial charge >= 0.3 is 0 Å². The van der Waals surface area contributed by atoms with Crippen molar-refractivity contribution in [2.24, 2.45) is 0 Å². The first-order valence-electron chi connectivity index (χ1n) is 10.4. The van der Waals surface area contributed by atoms with E-state index in [9.17, 15) is 10.4 Å². The Kier molecular flexibility index (Phi) is 5.47. The summed E-state index contributed by atoms with van der Waals surface area (Å²) in [6, 6.07) is 24.2. The molecule has 0 amide bonds. The minimum atomic E-state index is -1.60. The number of fused-ring (bicyclic) bond motifs is 1. The molecule has 2 aromatic heterocycles. The van der Waals surface area contributed by atoms with Crippen LogP contribution in [0.2, 0.25) is 5.02 Å². The van der Waals surface area contributed by atoms with Crippen LogP contribution in [0.25, 0.3) is 10.9 Å². The lowest BCUT2D eigenvalue weighted by Crippen LogP contribution is -2.62. The molecule has 4 aromatic rings. The highest BCUT2D eigenvalue weighted by Crippen LogP contribution is 2.46. The minimum Gasteiger partial charge on any atom is -0.762 e. The molecule has 2 N–H and O–H groups in total. The highest BCUT2D eigenvalue weighted by Gasteiger charge is 2.54. The maximum Gasteiger partial charge on any atom is 0.225 e. The number of hydrogen-bond donors (Lipinski definition) is 2. The summed E-state index contributed by atoms with van der Waals surface area (Å²) < 4.78 is 1.99. The number of aromatic nitrogens is 2. The van der Waals surface area contributed by atoms with E-state index in [0.29, 0.717) is 16.2 Å². The van der Waals surface area contributed by atoms with Crippen LogP contribution < -0.4 is 9.88 Å². The maximum absolute atomic E-state index is 12.3. The van der Waals surface area contributed by atoms with Crippen molar-refractivity contribution in [3.05, 3.63) is 118 Å². The molecule has 5 rings (SSSR count). The van der Waals surface area contributed by atoms with E-state index in [0.717, 1.165) is 16.5 Å². The summed E-state index contributed by atoms with van der Waals surface area (Å²) in [5.74, 6) is -0.547. The number of aliphatic hydroxyl groups is 1. The first-order valence-corrected chi connectivity index (χ1v) is 11.2. The van der Waals surface area contributed by atoms with E-state index in [1.54, 1.807) is 12.4 Å². The zero-order chi connectivity index (χ0) is 23.0. The SMILES string of the molecule is N#CC1=C([S-])N[C@@](O)(c2ccccc2)[C@H]([n+]2cccc3cc(Cl)ccc32)[C@H]1c1cccnc1. The van der Waals surface area contributed by atoms with E-state index in [4.69, 9.17) is 24.2 Å². The number of allylic oxidation sites excluding steroid dienone is 1. The zero-order valence-corrected chi connectivity index (χ0v) is 19.0. The standard InChI is InChI=1S/C26H19ClN4OS/c27-20-10-11-22-17(14-20)7-5-13-31(22)24-23(18-6-4-12-29-16-18)21(15-28)25(33)30-26(24,32)19-8-2-1-3-9-19/h1-14,16,23-24,30,32H/t23-,24+,26+/m0/s1. The van der Waals surface area contributed by atoms with Crippen molar-refractivity contribution < 1.29 is 9.67 Å². The molecule has 5 nitrogen and oxygen atoms in total. The molecule has 0 spiro atoms. The van der Waals surface area contributed by atoms with Gasteiger partial charge in [0, 0.05) is 46.1 Å². The van der Waals surface area contributed by atoms with Gasteiger partial charge in [0.25, 0.3) is 0 Å². The summed E-state index contributed by atoms with van der Waals surface area (Å²) in [5, 5.41) is 27.3. The summed E-state index contributed by atoms with van der Waals surface area (Å²) in [7, 11) is 0. The Morgan fingerprint density at radius 1 is 1.09 bits per heavy atom.